The Morgan fingerprint density at radius 3 is 2.60 bits per heavy atom. The Morgan fingerprint density at radius 1 is 1.00 bits per heavy atom. The van der Waals surface area contributed by atoms with Crippen LogP contribution in [0.3, 0.4) is 0 Å². The lowest BCUT2D eigenvalue weighted by atomic mass is 9.87. The lowest BCUT2D eigenvalue weighted by molar-refractivity contribution is -0.385. The number of esters is 1. The Kier molecular flexibility index (Phi) is 3.38. The van der Waals surface area contributed by atoms with Crippen LogP contribution >= 0.6 is 0 Å². The smallest absolute Gasteiger partial charge is 0.376 e. The average Bonchev–Trinajstić information content (AvgIpc) is 3.19. The summed E-state index contributed by atoms with van der Waals surface area (Å²) < 4.78 is 15.7. The third kappa shape index (κ3) is 2.47. The molecule has 2 unspecified atom stereocenters. The van der Waals surface area contributed by atoms with Gasteiger partial charge in [0.2, 0.25) is 6.79 Å². The zero-order valence-corrected chi connectivity index (χ0v) is 12.7. The van der Waals surface area contributed by atoms with Crippen LogP contribution in [0.5, 0.6) is 11.5 Å². The Bertz CT molecular complexity index is 908. The molecular weight excluding hydrogens is 330 g/mol. The fraction of sp³-hybridized carbons (Fsp3) is 0.176. The second kappa shape index (κ2) is 5.59. The van der Waals surface area contributed by atoms with Crippen LogP contribution in [0.25, 0.3) is 0 Å². The van der Waals surface area contributed by atoms with Crippen molar-refractivity contribution >= 4 is 17.4 Å². The summed E-state index contributed by atoms with van der Waals surface area (Å²) in [5, 5.41) is 11.0. The predicted octanol–water partition coefficient (Wildman–Crippen LogP) is 2.27. The number of carbonyl (C=O) groups is 2. The van der Waals surface area contributed by atoms with Gasteiger partial charge in [0, 0.05) is 17.7 Å². The molecule has 2 aliphatic heterocycles. The van der Waals surface area contributed by atoms with Crippen LogP contribution in [0.2, 0.25) is 0 Å². The van der Waals surface area contributed by atoms with Gasteiger partial charge in [-0.25, -0.2) is 4.79 Å². The molecule has 2 atom stereocenters. The molecule has 0 aromatic heterocycles. The van der Waals surface area contributed by atoms with E-state index in [1.165, 1.54) is 18.2 Å². The van der Waals surface area contributed by atoms with Gasteiger partial charge in [0.1, 0.15) is 6.10 Å². The van der Waals surface area contributed by atoms with Crippen LogP contribution in [-0.4, -0.2) is 23.5 Å². The van der Waals surface area contributed by atoms with Crippen LogP contribution in [-0.2, 0) is 14.3 Å². The first-order valence-electron chi connectivity index (χ1n) is 7.43. The van der Waals surface area contributed by atoms with Crippen LogP contribution in [0.15, 0.2) is 42.5 Å². The van der Waals surface area contributed by atoms with Crippen LogP contribution in [0, 0.1) is 10.1 Å². The number of hydrogen-bond acceptors (Lipinski definition) is 7. The fourth-order valence-electron chi connectivity index (χ4n) is 3.01. The lowest BCUT2D eigenvalue weighted by Gasteiger charge is -2.17. The van der Waals surface area contributed by atoms with E-state index in [1.807, 2.05) is 0 Å². The van der Waals surface area contributed by atoms with Gasteiger partial charge < -0.3 is 14.2 Å². The minimum Gasteiger partial charge on any atom is -0.454 e. The topological polar surface area (TPSA) is 105 Å². The van der Waals surface area contributed by atoms with Crippen molar-refractivity contribution in [1.29, 1.82) is 0 Å². The molecule has 2 aliphatic rings. The van der Waals surface area contributed by atoms with Gasteiger partial charge in [-0.15, -0.1) is 0 Å². The van der Waals surface area contributed by atoms with E-state index in [2.05, 4.69) is 0 Å². The van der Waals surface area contributed by atoms with Crippen LogP contribution in [0.1, 0.15) is 23.1 Å². The highest BCUT2D eigenvalue weighted by atomic mass is 16.7. The summed E-state index contributed by atoms with van der Waals surface area (Å²) in [7, 11) is 0. The molecule has 0 N–H and O–H groups in total. The molecular formula is C17H11NO7. The van der Waals surface area contributed by atoms with Gasteiger partial charge >= 0.3 is 5.97 Å². The highest BCUT2D eigenvalue weighted by molar-refractivity contribution is 6.37. The molecule has 0 radical (unpaired) electrons. The van der Waals surface area contributed by atoms with Gasteiger partial charge in [-0.2, -0.15) is 0 Å². The van der Waals surface area contributed by atoms with Gasteiger partial charge in [-0.3, -0.25) is 14.9 Å². The zero-order chi connectivity index (χ0) is 17.6. The minimum atomic E-state index is -0.959. The van der Waals surface area contributed by atoms with Crippen molar-refractivity contribution in [1.82, 2.24) is 0 Å². The number of non-ortho nitro benzene ring substituents is 1. The number of carbonyl (C=O) groups excluding carboxylic acids is 2. The van der Waals surface area contributed by atoms with E-state index in [1.54, 1.807) is 24.3 Å². The van der Waals surface area contributed by atoms with Gasteiger partial charge in [-0.05, 0) is 17.7 Å². The number of nitro groups is 1. The number of cyclic esters (lactones) is 1. The number of Topliss-reactive ketones (excluding diaryl/α,β-unsaturated/α-hetero) is 1. The summed E-state index contributed by atoms with van der Waals surface area (Å²) in [5.74, 6) is -1.53. The van der Waals surface area contributed by atoms with Gasteiger partial charge in [-0.1, -0.05) is 18.2 Å². The van der Waals surface area contributed by atoms with Crippen LogP contribution in [0.4, 0.5) is 5.69 Å². The fourth-order valence-corrected chi connectivity index (χ4v) is 3.01. The summed E-state index contributed by atoms with van der Waals surface area (Å²) >= 11 is 0. The molecule has 0 saturated carbocycles. The van der Waals surface area contributed by atoms with Crippen molar-refractivity contribution in [3.8, 4) is 11.5 Å². The van der Waals surface area contributed by atoms with E-state index in [0.717, 1.165) is 0 Å². The monoisotopic (exact) mass is 341 g/mol. The third-order valence-corrected chi connectivity index (χ3v) is 4.19. The zero-order valence-electron chi connectivity index (χ0n) is 12.7. The second-order valence-corrected chi connectivity index (χ2v) is 5.63. The molecule has 8 heteroatoms. The number of hydrogen-bond donors (Lipinski definition) is 0. The van der Waals surface area contributed by atoms with Crippen molar-refractivity contribution in [2.24, 2.45) is 0 Å². The molecule has 1 fully saturated rings. The maximum Gasteiger partial charge on any atom is 0.376 e. The highest BCUT2D eigenvalue weighted by Crippen LogP contribution is 2.44. The quantitative estimate of drug-likeness (QED) is 0.365. The molecule has 0 aliphatic carbocycles. The first kappa shape index (κ1) is 15.1. The standard InChI is InChI=1S/C17H11NO7/c19-15-14(9-4-5-12-13(7-9)24-8-23-12)16(25-17(15)20)10-2-1-3-11(6-10)18(21)22/h1-7,14,16H,8H2. The van der Waals surface area contributed by atoms with Crippen LogP contribution < -0.4 is 9.47 Å². The SMILES string of the molecule is O=C1OC(c2cccc([N+](=O)[O-])c2)C(c2ccc3c(c2)OCO3)C1=O. The molecule has 0 amide bonds. The van der Waals surface area contributed by atoms with Crippen molar-refractivity contribution in [3.05, 3.63) is 63.7 Å². The molecule has 0 bridgehead atoms. The summed E-state index contributed by atoms with van der Waals surface area (Å²) in [6.45, 7) is 0.0845. The number of ether oxygens (including phenoxy) is 3. The maximum atomic E-state index is 12.3. The van der Waals surface area contributed by atoms with E-state index in [0.29, 0.717) is 22.6 Å². The Hall–Kier alpha value is -3.42. The van der Waals surface area contributed by atoms with E-state index < -0.39 is 28.7 Å². The molecule has 2 aromatic carbocycles. The van der Waals surface area contributed by atoms with E-state index in [4.69, 9.17) is 14.2 Å². The van der Waals surface area contributed by atoms with Crippen molar-refractivity contribution in [2.45, 2.75) is 12.0 Å². The highest BCUT2D eigenvalue weighted by Gasteiger charge is 2.46. The number of fused-ring (bicyclic) bond motifs is 1. The summed E-state index contributed by atoms with van der Waals surface area (Å²) in [6, 6.07) is 10.6. The minimum absolute atomic E-state index is 0.0845. The summed E-state index contributed by atoms with van der Waals surface area (Å²) in [6.07, 6.45) is -0.930. The van der Waals surface area contributed by atoms with Gasteiger partial charge in [0.05, 0.1) is 10.8 Å². The molecule has 4 rings (SSSR count). The van der Waals surface area contributed by atoms with E-state index >= 15 is 0 Å². The van der Waals surface area contributed by atoms with Gasteiger partial charge in [0.25, 0.3) is 11.5 Å². The number of nitrogens with zero attached hydrogens (tertiary/aromatic N) is 1. The molecule has 8 nitrogen and oxygen atoms in total. The second-order valence-electron chi connectivity index (χ2n) is 5.63. The molecule has 126 valence electrons. The third-order valence-electron chi connectivity index (χ3n) is 4.19. The number of benzene rings is 2. The normalized spacial score (nSPS) is 21.3. The predicted molar refractivity (Wildman–Crippen MR) is 82.2 cm³/mol. The summed E-state index contributed by atoms with van der Waals surface area (Å²) in [5.41, 5.74) is 0.769. The largest absolute Gasteiger partial charge is 0.454 e. The first-order chi connectivity index (χ1) is 12.0. The van der Waals surface area contributed by atoms with E-state index in [-0.39, 0.29) is 12.5 Å². The van der Waals surface area contributed by atoms with Crippen molar-refractivity contribution in [2.75, 3.05) is 6.79 Å². The Morgan fingerprint density at radius 2 is 1.80 bits per heavy atom. The molecule has 2 aromatic rings. The molecule has 1 saturated heterocycles. The molecule has 0 spiro atoms. The average molecular weight is 341 g/mol. The summed E-state index contributed by atoms with van der Waals surface area (Å²) in [4.78, 5) is 34.6. The first-order valence-corrected chi connectivity index (χ1v) is 7.43. The van der Waals surface area contributed by atoms with E-state index in [9.17, 15) is 19.7 Å². The van der Waals surface area contributed by atoms with Crippen molar-refractivity contribution in [3.63, 3.8) is 0 Å². The number of rotatable bonds is 3. The number of ketones is 1. The van der Waals surface area contributed by atoms with Crippen molar-refractivity contribution < 1.29 is 28.7 Å². The molecule has 2 heterocycles. The number of nitro benzene ring substituents is 1. The van der Waals surface area contributed by atoms with Gasteiger partial charge in [0.15, 0.2) is 11.5 Å². The molecule has 25 heavy (non-hydrogen) atoms. The Balaban J connectivity index is 1.76. The maximum absolute atomic E-state index is 12.3. The lowest BCUT2D eigenvalue weighted by Crippen LogP contribution is -2.14. The Labute approximate surface area is 141 Å².